The Labute approximate surface area is 470 Å². The van der Waals surface area contributed by atoms with Crippen LogP contribution in [0.2, 0.25) is 30.7 Å². The molecule has 78 heavy (non-hydrogen) atoms. The lowest BCUT2D eigenvalue weighted by Crippen LogP contribution is -2.69. The van der Waals surface area contributed by atoms with Crippen molar-refractivity contribution < 1.29 is 47.5 Å². The van der Waals surface area contributed by atoms with Gasteiger partial charge in [0.2, 0.25) is 12.3 Å². The van der Waals surface area contributed by atoms with Crippen LogP contribution in [-0.4, -0.2) is 101 Å². The molecule has 0 radical (unpaired) electrons. The van der Waals surface area contributed by atoms with E-state index in [1.807, 2.05) is 66.7 Å². The predicted octanol–water partition coefficient (Wildman–Crippen LogP) is 12.2. The highest BCUT2D eigenvalue weighted by molar-refractivity contribution is 6.99. The Bertz CT molecular complexity index is 2120. The average Bonchev–Trinajstić information content (AvgIpc) is 3.65. The molecule has 1 saturated heterocycles. The van der Waals surface area contributed by atoms with Gasteiger partial charge in [-0.1, -0.05) is 222 Å². The highest BCUT2D eigenvalue weighted by Crippen LogP contribution is 2.38. The molecule has 434 valence electrons. The minimum atomic E-state index is -3.18. The number of alkyl carbamates (subject to hydrolysis) is 1. The maximum absolute atomic E-state index is 14.8. The first-order valence-corrected chi connectivity index (χ1v) is 35.1. The summed E-state index contributed by atoms with van der Waals surface area (Å²) in [6.45, 7) is 18.4. The molecule has 14 nitrogen and oxygen atoms in total. The third-order valence-corrected chi connectivity index (χ3v) is 21.4. The van der Waals surface area contributed by atoms with E-state index < -0.39 is 63.5 Å². The van der Waals surface area contributed by atoms with Crippen molar-refractivity contribution in [1.29, 1.82) is 0 Å². The van der Waals surface area contributed by atoms with Crippen molar-refractivity contribution in [3.63, 3.8) is 0 Å². The van der Waals surface area contributed by atoms with E-state index in [9.17, 15) is 24.0 Å². The van der Waals surface area contributed by atoms with Gasteiger partial charge in [-0.25, -0.2) is 24.6 Å². The van der Waals surface area contributed by atoms with Crippen LogP contribution in [-0.2, 0) is 49.4 Å². The molecule has 0 spiro atoms. The van der Waals surface area contributed by atoms with E-state index in [-0.39, 0.29) is 32.3 Å². The predicted molar refractivity (Wildman–Crippen MR) is 316 cm³/mol. The monoisotopic (exact) mass is 1110 g/mol. The molecule has 1 fully saturated rings. The van der Waals surface area contributed by atoms with Crippen LogP contribution in [0, 0.1) is 5.92 Å². The number of carbonyl (C=O) groups excluding carboxylic acids is 5. The number of ether oxygens (including phenoxy) is 3. The van der Waals surface area contributed by atoms with E-state index >= 15 is 0 Å². The molecule has 3 aromatic carbocycles. The Morgan fingerprint density at radius 1 is 0.756 bits per heavy atom. The fraction of sp³-hybridized carbons (Fsp3) is 0.629. The fourth-order valence-electron chi connectivity index (χ4n) is 9.96. The second-order valence-corrected chi connectivity index (χ2v) is 33.3. The van der Waals surface area contributed by atoms with Crippen molar-refractivity contribution in [3.8, 4) is 0 Å². The number of rotatable bonds is 38. The van der Waals surface area contributed by atoms with Gasteiger partial charge in [-0.15, -0.1) is 0 Å². The molecule has 4 atom stereocenters. The molecule has 16 heteroatoms. The topological polar surface area (TPSA) is 162 Å². The Balaban J connectivity index is 1.50. The number of unbranched alkanes of at least 4 members (excludes halogenated alkanes) is 13. The number of carbonyl (C=O) groups is 5. The average molecular weight is 1120 g/mol. The van der Waals surface area contributed by atoms with Crippen molar-refractivity contribution in [2.24, 2.45) is 5.92 Å². The van der Waals surface area contributed by atoms with Crippen LogP contribution in [0.5, 0.6) is 0 Å². The third kappa shape index (κ3) is 23.5. The summed E-state index contributed by atoms with van der Waals surface area (Å²) in [7, 11) is -4.47. The van der Waals surface area contributed by atoms with Gasteiger partial charge in [-0.05, 0) is 78.4 Å². The molecule has 0 bridgehead atoms. The number of esters is 1. The zero-order chi connectivity index (χ0) is 56.7. The van der Waals surface area contributed by atoms with Gasteiger partial charge in [0.25, 0.3) is 14.2 Å². The van der Waals surface area contributed by atoms with Crippen LogP contribution in [0.15, 0.2) is 91.0 Å². The minimum absolute atomic E-state index is 0.000787. The quantitative estimate of drug-likeness (QED) is 0.0141. The number of nitrogens with zero attached hydrogens (tertiary/aromatic N) is 2. The van der Waals surface area contributed by atoms with E-state index in [0.29, 0.717) is 58.1 Å². The summed E-state index contributed by atoms with van der Waals surface area (Å²) in [5.41, 5.74) is 0.785. The molecule has 4 rings (SSSR count). The number of hydrogen-bond donors (Lipinski definition) is 2. The number of nitrogens with one attached hydrogen (secondary N) is 2. The molecule has 0 aliphatic carbocycles. The number of benzene rings is 3. The van der Waals surface area contributed by atoms with E-state index in [4.69, 9.17) is 23.6 Å². The molecule has 1 aliphatic rings. The SMILES string of the molecule is CCCCCCCCCCCCCCC[C@H](OC(=O)[C@@H](CCCCN(C=O)OCOCC[Si](C)(C)C)NC(=O)OCc1ccccc1)[C@@H](C)C(=O)N[C@@H]1CCCCN(O[Si](c2ccccc2)(c2ccccc2)C(C)(C)C)C1=O. The molecule has 1 aliphatic heterocycles. The molecule has 0 unspecified atom stereocenters. The van der Waals surface area contributed by atoms with E-state index in [2.05, 4.69) is 82.2 Å². The molecule has 1 heterocycles. The van der Waals surface area contributed by atoms with Gasteiger partial charge in [0.1, 0.15) is 24.8 Å². The zero-order valence-corrected chi connectivity index (χ0v) is 50.9. The first kappa shape index (κ1) is 65.6. The third-order valence-electron chi connectivity index (χ3n) is 14.8. The molecule has 0 aromatic heterocycles. The second kappa shape index (κ2) is 35.7. The normalized spacial score (nSPS) is 15.4. The van der Waals surface area contributed by atoms with Crippen LogP contribution in [0.3, 0.4) is 0 Å². The Kier molecular flexibility index (Phi) is 30.0. The van der Waals surface area contributed by atoms with Crippen molar-refractivity contribution in [1.82, 2.24) is 20.8 Å². The zero-order valence-electron chi connectivity index (χ0n) is 48.9. The Hall–Kier alpha value is -4.88. The van der Waals surface area contributed by atoms with Crippen molar-refractivity contribution in [2.45, 2.75) is 219 Å². The van der Waals surface area contributed by atoms with Gasteiger partial charge >= 0.3 is 12.1 Å². The summed E-state index contributed by atoms with van der Waals surface area (Å²) < 4.78 is 24.8. The van der Waals surface area contributed by atoms with Crippen LogP contribution in [0.1, 0.15) is 169 Å². The largest absolute Gasteiger partial charge is 0.460 e. The van der Waals surface area contributed by atoms with Crippen LogP contribution >= 0.6 is 0 Å². The van der Waals surface area contributed by atoms with Crippen LogP contribution in [0.4, 0.5) is 4.79 Å². The summed E-state index contributed by atoms with van der Waals surface area (Å²) in [5, 5.41) is 10.2. The molecule has 3 aromatic rings. The highest BCUT2D eigenvalue weighted by atomic mass is 28.4. The smallest absolute Gasteiger partial charge is 0.408 e. The second-order valence-electron chi connectivity index (χ2n) is 23.5. The molecular weight excluding hydrogens is 1020 g/mol. The van der Waals surface area contributed by atoms with Crippen molar-refractivity contribution in [3.05, 3.63) is 96.6 Å². The molecule has 2 N–H and O–H groups in total. The lowest BCUT2D eigenvalue weighted by Gasteiger charge is -2.45. The highest BCUT2D eigenvalue weighted by Gasteiger charge is 2.53. The van der Waals surface area contributed by atoms with Gasteiger partial charge in [0.15, 0.2) is 6.79 Å². The summed E-state index contributed by atoms with van der Waals surface area (Å²) in [4.78, 5) is 74.7. The first-order chi connectivity index (χ1) is 37.5. The van der Waals surface area contributed by atoms with Crippen molar-refractivity contribution >= 4 is 57.1 Å². The summed E-state index contributed by atoms with van der Waals surface area (Å²) in [6.07, 6.45) is 17.5. The van der Waals surface area contributed by atoms with Crippen LogP contribution < -0.4 is 21.0 Å². The number of amides is 4. The minimum Gasteiger partial charge on any atom is -0.460 e. The lowest BCUT2D eigenvalue weighted by atomic mass is 9.96. The standard InChI is InChI=1S/C62H98N4O10Si2/c1-9-10-11-12-13-14-15-16-17-18-19-20-30-43-57(75-60(70)56(64-61(71)73-48-52-35-24-21-25-36-52)42-31-33-44-65(49-67)74-50-72-46-47-77(6,7)8)51(2)58(68)63-55-41-32-34-45-66(59(55)69)76-78(62(3,4)5,53-37-26-22-27-38-53)54-39-28-23-29-40-54/h21-29,35-40,49,51,55-57H,9-20,30-34,41-48,50H2,1-8H3,(H,63,68)(H,64,71)/t51-,55-,56-,57+/m1/s1. The molecule has 0 saturated carbocycles. The van der Waals surface area contributed by atoms with Gasteiger partial charge in [0.05, 0.1) is 5.92 Å². The van der Waals surface area contributed by atoms with Gasteiger partial charge in [-0.3, -0.25) is 14.4 Å². The number of hydrogen-bond acceptors (Lipinski definition) is 10. The maximum Gasteiger partial charge on any atom is 0.408 e. The maximum atomic E-state index is 14.8. The Morgan fingerprint density at radius 2 is 1.31 bits per heavy atom. The first-order valence-electron chi connectivity index (χ1n) is 29.5. The van der Waals surface area contributed by atoms with Crippen molar-refractivity contribution in [2.75, 3.05) is 26.5 Å². The van der Waals surface area contributed by atoms with E-state index in [1.165, 1.54) is 67.9 Å². The van der Waals surface area contributed by atoms with E-state index in [0.717, 1.165) is 47.7 Å². The lowest BCUT2D eigenvalue weighted by molar-refractivity contribution is -0.213. The fourth-order valence-corrected chi connectivity index (χ4v) is 15.1. The van der Waals surface area contributed by atoms with Gasteiger partial charge < -0.3 is 29.4 Å². The van der Waals surface area contributed by atoms with E-state index in [1.54, 1.807) is 6.92 Å². The summed E-state index contributed by atoms with van der Waals surface area (Å²) in [5.74, 6) is -2.25. The van der Waals surface area contributed by atoms with Crippen LogP contribution in [0.25, 0.3) is 0 Å². The number of hydroxylamine groups is 4. The molecular formula is C62H98N4O10Si2. The summed E-state index contributed by atoms with van der Waals surface area (Å²) >= 11 is 0. The van der Waals surface area contributed by atoms with Gasteiger partial charge in [0, 0.05) is 27.8 Å². The van der Waals surface area contributed by atoms with Gasteiger partial charge in [-0.2, -0.15) is 0 Å². The summed E-state index contributed by atoms with van der Waals surface area (Å²) in [6, 6.07) is 28.6. The molecule has 4 amide bonds. The Morgan fingerprint density at radius 3 is 1.86 bits per heavy atom.